The van der Waals surface area contributed by atoms with Crippen LogP contribution in [-0.2, 0) is 0 Å². The van der Waals surface area contributed by atoms with Crippen LogP contribution in [-0.4, -0.2) is 36.4 Å². The third-order valence-corrected chi connectivity index (χ3v) is 0.963. The molecular weight excluding hydrogens is 224 g/mol. The summed E-state index contributed by atoms with van der Waals surface area (Å²) in [6.07, 6.45) is 0. The molecular formula is C2H11N12O2+. The Morgan fingerprint density at radius 2 is 2.12 bits per heavy atom. The number of guanidine groups is 1. The minimum atomic E-state index is -0.773. The van der Waals surface area contributed by atoms with Crippen LogP contribution >= 0.6 is 0 Å². The first-order valence-electron chi connectivity index (χ1n) is 3.50. The highest BCUT2D eigenvalue weighted by atomic mass is 16.7. The molecule has 1 rings (SSSR count). The second kappa shape index (κ2) is 6.54. The largest absolute Gasteiger partial charge is 0.404 e. The number of hydrazine groups is 4. The van der Waals surface area contributed by atoms with Gasteiger partial charge in [0.05, 0.1) is 0 Å². The zero-order valence-electron chi connectivity index (χ0n) is 7.86. The number of H-pyrrole nitrogens is 1. The summed E-state index contributed by atoms with van der Waals surface area (Å²) in [6, 6.07) is 0. The predicted molar refractivity (Wildman–Crippen MR) is 49.9 cm³/mol. The number of anilines is 1. The summed E-state index contributed by atoms with van der Waals surface area (Å²) in [5, 5.41) is 20.5. The standard InChI is InChI=1S/CH2N6O2.CH8N6/c8-7(9)4-1-2-5-6-3-1;2-1(6-3)7(4)5/h(H2,2,3,4,5,6);3-5H2,(H2,2,6)/p+1. The predicted octanol–water partition coefficient (Wildman–Crippen LogP) is -4.67. The highest BCUT2D eigenvalue weighted by Gasteiger charge is 2.00. The quantitative estimate of drug-likeness (QED) is 0.0642. The van der Waals surface area contributed by atoms with Crippen LogP contribution < -0.4 is 34.1 Å². The van der Waals surface area contributed by atoms with Gasteiger partial charge in [-0.2, -0.15) is 11.1 Å². The minimum Gasteiger partial charge on any atom is -0.286 e. The van der Waals surface area contributed by atoms with E-state index in [1.807, 2.05) is 5.43 Å². The van der Waals surface area contributed by atoms with Crippen molar-refractivity contribution < 1.29 is 9.83 Å². The molecule has 0 atom stereocenters. The van der Waals surface area contributed by atoms with Crippen molar-refractivity contribution in [1.82, 2.24) is 26.0 Å². The van der Waals surface area contributed by atoms with E-state index in [0.29, 0.717) is 4.79 Å². The van der Waals surface area contributed by atoms with Crippen LogP contribution in [0.2, 0.25) is 0 Å². The maximum Gasteiger partial charge on any atom is 0.404 e. The number of rotatable bonds is 2. The van der Waals surface area contributed by atoms with Gasteiger partial charge < -0.3 is 0 Å². The van der Waals surface area contributed by atoms with E-state index in [0.717, 1.165) is 0 Å². The summed E-state index contributed by atoms with van der Waals surface area (Å²) in [5.41, 5.74) is 8.70. The van der Waals surface area contributed by atoms with Gasteiger partial charge in [-0.25, -0.2) is 15.5 Å². The molecule has 0 bridgehead atoms. The van der Waals surface area contributed by atoms with E-state index in [4.69, 9.17) is 23.3 Å². The Morgan fingerprint density at radius 3 is 2.38 bits per heavy atom. The molecule has 0 aliphatic carbocycles. The fourth-order valence-corrected chi connectivity index (χ4v) is 0.365. The topological polar surface area (TPSA) is 229 Å². The molecule has 0 amide bonds. The zero-order chi connectivity index (χ0) is 12.6. The van der Waals surface area contributed by atoms with Crippen molar-refractivity contribution in [3.8, 4) is 0 Å². The van der Waals surface area contributed by atoms with E-state index < -0.39 is 5.03 Å². The second-order valence-corrected chi connectivity index (χ2v) is 2.04. The van der Waals surface area contributed by atoms with Crippen LogP contribution in [0, 0.1) is 10.1 Å². The SMILES string of the molecule is NNC(N)=[N+](N)N.O=[N+]([O-])Nc1nn[nH]n1. The van der Waals surface area contributed by atoms with E-state index in [1.165, 1.54) is 0 Å². The van der Waals surface area contributed by atoms with Gasteiger partial charge in [-0.15, -0.1) is 5.10 Å². The van der Waals surface area contributed by atoms with Crippen LogP contribution in [0.3, 0.4) is 0 Å². The van der Waals surface area contributed by atoms with E-state index in [-0.39, 0.29) is 11.9 Å². The Kier molecular flexibility index (Phi) is 5.35. The van der Waals surface area contributed by atoms with Gasteiger partial charge in [0.25, 0.3) is 0 Å². The molecule has 0 aliphatic heterocycles. The van der Waals surface area contributed by atoms with Crippen LogP contribution in [0.15, 0.2) is 0 Å². The van der Waals surface area contributed by atoms with E-state index in [1.54, 1.807) is 5.43 Å². The summed E-state index contributed by atoms with van der Waals surface area (Å²) in [5.74, 6) is 14.3. The Morgan fingerprint density at radius 1 is 1.50 bits per heavy atom. The van der Waals surface area contributed by atoms with Crippen molar-refractivity contribution >= 4 is 11.9 Å². The molecule has 16 heavy (non-hydrogen) atoms. The lowest BCUT2D eigenvalue weighted by molar-refractivity contribution is -0.554. The smallest absolute Gasteiger partial charge is 0.286 e. The molecule has 90 valence electrons. The summed E-state index contributed by atoms with van der Waals surface area (Å²) in [6.45, 7) is 0. The van der Waals surface area contributed by atoms with Crippen LogP contribution in [0.5, 0.6) is 0 Å². The molecule has 1 aromatic rings. The van der Waals surface area contributed by atoms with E-state index >= 15 is 0 Å². The van der Waals surface area contributed by atoms with Crippen molar-refractivity contribution in [1.29, 1.82) is 0 Å². The summed E-state index contributed by atoms with van der Waals surface area (Å²) in [7, 11) is 0. The molecule has 0 radical (unpaired) electrons. The molecule has 0 saturated heterocycles. The average Bonchev–Trinajstić information content (AvgIpc) is 2.69. The first-order chi connectivity index (χ1) is 7.47. The van der Waals surface area contributed by atoms with Crippen LogP contribution in [0.1, 0.15) is 0 Å². The highest BCUT2D eigenvalue weighted by Crippen LogP contribution is 1.86. The van der Waals surface area contributed by atoms with Gasteiger partial charge in [-0.1, -0.05) is 15.3 Å². The molecule has 14 nitrogen and oxygen atoms in total. The molecule has 0 unspecified atom stereocenters. The number of hydrogen-bond acceptors (Lipinski definition) is 8. The first kappa shape index (κ1) is 13.1. The first-order valence-corrected chi connectivity index (χ1v) is 3.50. The van der Waals surface area contributed by atoms with Gasteiger partial charge in [-0.3, -0.25) is 17.4 Å². The van der Waals surface area contributed by atoms with Gasteiger partial charge in [0.15, 0.2) is 5.03 Å². The van der Waals surface area contributed by atoms with Crippen molar-refractivity contribution in [2.45, 2.75) is 0 Å². The molecule has 1 aromatic heterocycles. The molecule has 0 fully saturated rings. The molecule has 0 aromatic carbocycles. The summed E-state index contributed by atoms with van der Waals surface area (Å²) >= 11 is 0. The van der Waals surface area contributed by atoms with E-state index in [9.17, 15) is 10.1 Å². The van der Waals surface area contributed by atoms with E-state index in [2.05, 4.69) is 20.6 Å². The van der Waals surface area contributed by atoms with Crippen molar-refractivity contribution in [3.63, 3.8) is 0 Å². The van der Waals surface area contributed by atoms with Gasteiger partial charge in [0.1, 0.15) is 0 Å². The average molecular weight is 235 g/mol. The van der Waals surface area contributed by atoms with Crippen molar-refractivity contribution in [2.24, 2.45) is 23.3 Å². The monoisotopic (exact) mass is 235 g/mol. The summed E-state index contributed by atoms with van der Waals surface area (Å²) < 4.78 is 0. The number of nitrogens with zero attached hydrogens (tertiary/aromatic N) is 5. The fraction of sp³-hybridized carbons (Fsp3) is 0. The third kappa shape index (κ3) is 5.70. The number of tetrazole rings is 1. The molecule has 14 heteroatoms. The number of aromatic amines is 1. The second-order valence-electron chi connectivity index (χ2n) is 2.04. The Balaban J connectivity index is 0.000000293. The van der Waals surface area contributed by atoms with Crippen molar-refractivity contribution in [2.75, 3.05) is 5.43 Å². The molecule has 0 aliphatic rings. The lowest BCUT2D eigenvalue weighted by Gasteiger charge is -1.91. The normalized spacial score (nSPS) is 8.31. The fourth-order valence-electron chi connectivity index (χ4n) is 0.365. The lowest BCUT2D eigenvalue weighted by atomic mass is 11.1. The van der Waals surface area contributed by atoms with Crippen molar-refractivity contribution in [3.05, 3.63) is 10.1 Å². The third-order valence-electron chi connectivity index (χ3n) is 0.963. The van der Waals surface area contributed by atoms with Crippen LogP contribution in [0.4, 0.5) is 5.95 Å². The van der Waals surface area contributed by atoms with Gasteiger partial charge >= 0.3 is 11.9 Å². The number of hydrazone groups is 2. The van der Waals surface area contributed by atoms with Crippen LogP contribution in [0.25, 0.3) is 0 Å². The number of nitrogens with one attached hydrogen (secondary N) is 3. The zero-order valence-corrected chi connectivity index (χ0v) is 7.86. The number of nitrogens with two attached hydrogens (primary N) is 4. The number of nitro groups is 1. The van der Waals surface area contributed by atoms with Gasteiger partial charge in [0, 0.05) is 0 Å². The highest BCUT2D eigenvalue weighted by molar-refractivity contribution is 5.71. The molecule has 0 spiro atoms. The Labute approximate surface area is 87.7 Å². The lowest BCUT2D eigenvalue weighted by Crippen LogP contribution is -2.49. The minimum absolute atomic E-state index is 0.0139. The number of hydrogen-bond donors (Lipinski definition) is 7. The molecule has 0 saturated carbocycles. The molecule has 1 heterocycles. The Bertz CT molecular complexity index is 336. The maximum absolute atomic E-state index is 9.64. The van der Waals surface area contributed by atoms with Gasteiger partial charge in [0.2, 0.25) is 0 Å². The number of aromatic nitrogens is 4. The Hall–Kier alpha value is -2.90. The maximum atomic E-state index is 9.64. The van der Waals surface area contributed by atoms with Gasteiger partial charge in [-0.05, 0) is 5.21 Å². The molecule has 11 N–H and O–H groups in total. The summed E-state index contributed by atoms with van der Waals surface area (Å²) in [4.78, 5) is 10.3.